The van der Waals surface area contributed by atoms with Gasteiger partial charge in [-0.2, -0.15) is 0 Å². The number of nitrogens with one attached hydrogen (secondary N) is 1. The number of carbonyl (C=O) groups excluding carboxylic acids is 1. The van der Waals surface area contributed by atoms with E-state index in [2.05, 4.69) is 5.32 Å². The summed E-state index contributed by atoms with van der Waals surface area (Å²) in [6.07, 6.45) is 0. The highest BCUT2D eigenvalue weighted by molar-refractivity contribution is 5.94. The molecule has 0 saturated heterocycles. The first kappa shape index (κ1) is 15.3. The molecule has 2 rings (SSSR count). The molecule has 0 saturated carbocycles. The molecular weight excluding hydrogens is 264 g/mol. The Labute approximate surface area is 125 Å². The SMILES string of the molecule is Cc1ccc(C(=O)NC[C@H](c2ccc(C)o2)N(C)C)cc1. The summed E-state index contributed by atoms with van der Waals surface area (Å²) >= 11 is 0. The molecule has 0 fully saturated rings. The van der Waals surface area contributed by atoms with Crippen LogP contribution in [0.25, 0.3) is 0 Å². The van der Waals surface area contributed by atoms with Gasteiger partial charge in [-0.1, -0.05) is 17.7 Å². The standard InChI is InChI=1S/C17H22N2O2/c1-12-5-8-14(9-6-12)17(20)18-11-15(19(3)4)16-10-7-13(2)21-16/h5-10,15H,11H2,1-4H3,(H,18,20)/t15-/m1/s1. The predicted octanol–water partition coefficient (Wildman–Crippen LogP) is 2.93. The van der Waals surface area contributed by atoms with Crippen molar-refractivity contribution in [1.82, 2.24) is 10.2 Å². The molecule has 0 spiro atoms. The molecule has 1 N–H and O–H groups in total. The minimum atomic E-state index is -0.0647. The van der Waals surface area contributed by atoms with E-state index in [1.165, 1.54) is 0 Å². The largest absolute Gasteiger partial charge is 0.465 e. The third kappa shape index (κ3) is 3.95. The van der Waals surface area contributed by atoms with Crippen LogP contribution in [-0.2, 0) is 0 Å². The van der Waals surface area contributed by atoms with Crippen molar-refractivity contribution >= 4 is 5.91 Å². The maximum atomic E-state index is 12.2. The summed E-state index contributed by atoms with van der Waals surface area (Å²) in [5.74, 6) is 1.67. The molecule has 1 atom stereocenters. The zero-order chi connectivity index (χ0) is 15.4. The van der Waals surface area contributed by atoms with E-state index in [0.717, 1.165) is 17.1 Å². The van der Waals surface area contributed by atoms with E-state index in [0.29, 0.717) is 12.1 Å². The lowest BCUT2D eigenvalue weighted by Gasteiger charge is -2.22. The molecule has 1 heterocycles. The summed E-state index contributed by atoms with van der Waals surface area (Å²) in [4.78, 5) is 14.2. The first-order valence-corrected chi connectivity index (χ1v) is 7.05. The van der Waals surface area contributed by atoms with E-state index in [1.54, 1.807) is 0 Å². The number of nitrogens with zero attached hydrogens (tertiary/aromatic N) is 1. The second-order valence-corrected chi connectivity index (χ2v) is 5.50. The van der Waals surface area contributed by atoms with Gasteiger partial charge in [0.25, 0.3) is 5.91 Å². The number of rotatable bonds is 5. The van der Waals surface area contributed by atoms with Crippen molar-refractivity contribution in [2.45, 2.75) is 19.9 Å². The molecule has 4 nitrogen and oxygen atoms in total. The van der Waals surface area contributed by atoms with Gasteiger partial charge in [0.2, 0.25) is 0 Å². The Morgan fingerprint density at radius 2 is 1.81 bits per heavy atom. The molecule has 1 aromatic heterocycles. The van der Waals surface area contributed by atoms with Gasteiger partial charge in [-0.15, -0.1) is 0 Å². The molecule has 0 unspecified atom stereocenters. The number of aryl methyl sites for hydroxylation is 2. The topological polar surface area (TPSA) is 45.5 Å². The number of carbonyl (C=O) groups is 1. The minimum Gasteiger partial charge on any atom is -0.465 e. The Bertz CT molecular complexity index is 600. The first-order valence-electron chi connectivity index (χ1n) is 7.05. The third-order valence-corrected chi connectivity index (χ3v) is 3.48. The van der Waals surface area contributed by atoms with Crippen LogP contribution in [-0.4, -0.2) is 31.4 Å². The Hall–Kier alpha value is -2.07. The molecule has 1 amide bonds. The summed E-state index contributed by atoms with van der Waals surface area (Å²) in [6, 6.07) is 11.5. The molecule has 0 radical (unpaired) electrons. The van der Waals surface area contributed by atoms with E-state index >= 15 is 0 Å². The van der Waals surface area contributed by atoms with Crippen molar-refractivity contribution in [3.05, 3.63) is 59.0 Å². The lowest BCUT2D eigenvalue weighted by Crippen LogP contribution is -2.34. The molecule has 0 bridgehead atoms. The average molecular weight is 286 g/mol. The fourth-order valence-corrected chi connectivity index (χ4v) is 2.17. The average Bonchev–Trinajstić information content (AvgIpc) is 2.85. The minimum absolute atomic E-state index is 0.0214. The van der Waals surface area contributed by atoms with Crippen LogP contribution in [0.5, 0.6) is 0 Å². The van der Waals surface area contributed by atoms with Crippen LogP contribution in [0.2, 0.25) is 0 Å². The van der Waals surface area contributed by atoms with Gasteiger partial charge in [-0.3, -0.25) is 9.69 Å². The number of furan rings is 1. The zero-order valence-corrected chi connectivity index (χ0v) is 13.0. The summed E-state index contributed by atoms with van der Waals surface area (Å²) < 4.78 is 5.67. The van der Waals surface area contributed by atoms with Gasteiger partial charge in [-0.05, 0) is 52.2 Å². The fraction of sp³-hybridized carbons (Fsp3) is 0.353. The molecule has 0 aliphatic rings. The maximum absolute atomic E-state index is 12.2. The van der Waals surface area contributed by atoms with Crippen molar-refractivity contribution in [3.63, 3.8) is 0 Å². The van der Waals surface area contributed by atoms with Crippen LogP contribution < -0.4 is 5.32 Å². The van der Waals surface area contributed by atoms with E-state index < -0.39 is 0 Å². The first-order chi connectivity index (χ1) is 9.97. The van der Waals surface area contributed by atoms with Crippen molar-refractivity contribution in [1.29, 1.82) is 0 Å². The van der Waals surface area contributed by atoms with Crippen molar-refractivity contribution in [2.75, 3.05) is 20.6 Å². The smallest absolute Gasteiger partial charge is 0.251 e. The number of amides is 1. The highest BCUT2D eigenvalue weighted by Crippen LogP contribution is 2.20. The van der Waals surface area contributed by atoms with Gasteiger partial charge in [0, 0.05) is 12.1 Å². The Kier molecular flexibility index (Phi) is 4.81. The highest BCUT2D eigenvalue weighted by Gasteiger charge is 2.18. The van der Waals surface area contributed by atoms with Crippen LogP contribution in [0.4, 0.5) is 0 Å². The van der Waals surface area contributed by atoms with E-state index in [9.17, 15) is 4.79 Å². The van der Waals surface area contributed by atoms with E-state index in [-0.39, 0.29) is 11.9 Å². The Morgan fingerprint density at radius 1 is 1.14 bits per heavy atom. The Balaban J connectivity index is 2.02. The van der Waals surface area contributed by atoms with Crippen LogP contribution in [0, 0.1) is 13.8 Å². The van der Waals surface area contributed by atoms with Crippen molar-refractivity contribution < 1.29 is 9.21 Å². The molecule has 21 heavy (non-hydrogen) atoms. The molecule has 2 aromatic rings. The molecule has 112 valence electrons. The second-order valence-electron chi connectivity index (χ2n) is 5.50. The Morgan fingerprint density at radius 3 is 2.33 bits per heavy atom. The molecule has 0 aliphatic heterocycles. The zero-order valence-electron chi connectivity index (χ0n) is 13.0. The number of hydrogen-bond donors (Lipinski definition) is 1. The van der Waals surface area contributed by atoms with Crippen LogP contribution in [0.15, 0.2) is 40.8 Å². The predicted molar refractivity (Wildman–Crippen MR) is 83.4 cm³/mol. The second kappa shape index (κ2) is 6.59. The lowest BCUT2D eigenvalue weighted by atomic mass is 10.1. The third-order valence-electron chi connectivity index (χ3n) is 3.48. The summed E-state index contributed by atoms with van der Waals surface area (Å²) in [6.45, 7) is 4.43. The number of likely N-dealkylation sites (N-methyl/N-ethyl adjacent to an activating group) is 1. The summed E-state index contributed by atoms with van der Waals surface area (Å²) in [5.41, 5.74) is 1.82. The van der Waals surface area contributed by atoms with E-state index in [4.69, 9.17) is 4.42 Å². The monoisotopic (exact) mass is 286 g/mol. The molecule has 4 heteroatoms. The molecular formula is C17H22N2O2. The fourth-order valence-electron chi connectivity index (χ4n) is 2.17. The van der Waals surface area contributed by atoms with Gasteiger partial charge in [0.1, 0.15) is 11.5 Å². The number of benzene rings is 1. The van der Waals surface area contributed by atoms with Crippen LogP contribution >= 0.6 is 0 Å². The highest BCUT2D eigenvalue weighted by atomic mass is 16.3. The van der Waals surface area contributed by atoms with Gasteiger partial charge in [0.15, 0.2) is 0 Å². The molecule has 0 aliphatic carbocycles. The van der Waals surface area contributed by atoms with Crippen LogP contribution in [0.3, 0.4) is 0 Å². The van der Waals surface area contributed by atoms with Gasteiger partial charge in [-0.25, -0.2) is 0 Å². The quantitative estimate of drug-likeness (QED) is 0.919. The summed E-state index contributed by atoms with van der Waals surface area (Å²) in [7, 11) is 3.95. The van der Waals surface area contributed by atoms with Gasteiger partial charge < -0.3 is 9.73 Å². The van der Waals surface area contributed by atoms with Gasteiger partial charge in [0.05, 0.1) is 6.04 Å². The maximum Gasteiger partial charge on any atom is 0.251 e. The van der Waals surface area contributed by atoms with Crippen LogP contribution in [0.1, 0.15) is 33.5 Å². The number of hydrogen-bond acceptors (Lipinski definition) is 3. The van der Waals surface area contributed by atoms with E-state index in [1.807, 2.05) is 69.2 Å². The van der Waals surface area contributed by atoms with Crippen molar-refractivity contribution in [3.8, 4) is 0 Å². The molecule has 1 aromatic carbocycles. The van der Waals surface area contributed by atoms with Crippen molar-refractivity contribution in [2.24, 2.45) is 0 Å². The van der Waals surface area contributed by atoms with Gasteiger partial charge >= 0.3 is 0 Å². The summed E-state index contributed by atoms with van der Waals surface area (Å²) in [5, 5.41) is 2.97. The lowest BCUT2D eigenvalue weighted by molar-refractivity contribution is 0.0939. The normalized spacial score (nSPS) is 12.4.